The number of aryl methyl sites for hydroxylation is 1. The van der Waals surface area contributed by atoms with Crippen LogP contribution in [0.4, 0.5) is 5.00 Å². The average Bonchev–Trinajstić information content (AvgIpc) is 3.07. The molecule has 130 valence electrons. The molecule has 0 aliphatic rings. The van der Waals surface area contributed by atoms with E-state index < -0.39 is 18.0 Å². The summed E-state index contributed by atoms with van der Waals surface area (Å²) in [6, 6.07) is 11.0. The van der Waals surface area contributed by atoms with Crippen molar-refractivity contribution in [2.45, 2.75) is 25.9 Å². The quantitative estimate of drug-likeness (QED) is 0.768. The van der Waals surface area contributed by atoms with E-state index in [9.17, 15) is 9.59 Å². The van der Waals surface area contributed by atoms with Crippen LogP contribution in [0.15, 0.2) is 35.7 Å². The number of nitriles is 1. The Morgan fingerprint density at radius 3 is 2.64 bits per heavy atom. The molecule has 7 heteroatoms. The van der Waals surface area contributed by atoms with Gasteiger partial charge in [-0.1, -0.05) is 12.1 Å². The van der Waals surface area contributed by atoms with E-state index in [1.165, 1.54) is 18.3 Å². The summed E-state index contributed by atoms with van der Waals surface area (Å²) < 4.78 is 10.2. The van der Waals surface area contributed by atoms with Crippen molar-refractivity contribution in [1.82, 2.24) is 0 Å². The lowest BCUT2D eigenvalue weighted by molar-refractivity contribution is -0.153. The summed E-state index contributed by atoms with van der Waals surface area (Å²) in [5.41, 5.74) is 1.36. The minimum absolute atomic E-state index is 0.173. The number of anilines is 1. The monoisotopic (exact) mass is 358 g/mol. The molecule has 1 heterocycles. The van der Waals surface area contributed by atoms with Crippen LogP contribution in [-0.4, -0.2) is 25.1 Å². The third-order valence-corrected chi connectivity index (χ3v) is 4.31. The predicted molar refractivity (Wildman–Crippen MR) is 94.5 cm³/mol. The van der Waals surface area contributed by atoms with Gasteiger partial charge in [-0.15, -0.1) is 11.3 Å². The van der Waals surface area contributed by atoms with E-state index in [2.05, 4.69) is 5.32 Å². The molecule has 0 unspecified atom stereocenters. The van der Waals surface area contributed by atoms with Gasteiger partial charge in [0.25, 0.3) is 5.91 Å². The molecule has 0 spiro atoms. The van der Waals surface area contributed by atoms with Crippen molar-refractivity contribution < 1.29 is 19.1 Å². The highest BCUT2D eigenvalue weighted by Gasteiger charge is 2.19. The number of carbonyl (C=O) groups excluding carboxylic acids is 2. The molecule has 0 radical (unpaired) electrons. The van der Waals surface area contributed by atoms with Crippen LogP contribution in [0.3, 0.4) is 0 Å². The van der Waals surface area contributed by atoms with E-state index >= 15 is 0 Å². The van der Waals surface area contributed by atoms with Crippen molar-refractivity contribution in [3.05, 3.63) is 46.8 Å². The van der Waals surface area contributed by atoms with E-state index in [1.807, 2.05) is 30.3 Å². The van der Waals surface area contributed by atoms with Crippen LogP contribution in [0.5, 0.6) is 5.75 Å². The number of nitrogens with zero attached hydrogens (tertiary/aromatic N) is 1. The maximum absolute atomic E-state index is 12.1. The topological polar surface area (TPSA) is 88.4 Å². The molecule has 1 aromatic heterocycles. The number of hydrogen-bond donors (Lipinski definition) is 1. The molecule has 1 amide bonds. The van der Waals surface area contributed by atoms with Gasteiger partial charge in [-0.2, -0.15) is 5.26 Å². The van der Waals surface area contributed by atoms with Gasteiger partial charge in [0, 0.05) is 6.42 Å². The fourth-order valence-corrected chi connectivity index (χ4v) is 2.80. The van der Waals surface area contributed by atoms with Crippen LogP contribution < -0.4 is 10.1 Å². The number of benzene rings is 1. The van der Waals surface area contributed by atoms with E-state index in [0.717, 1.165) is 11.3 Å². The Morgan fingerprint density at radius 2 is 2.00 bits per heavy atom. The predicted octanol–water partition coefficient (Wildman–Crippen LogP) is 3.13. The number of esters is 1. The highest BCUT2D eigenvalue weighted by atomic mass is 32.1. The van der Waals surface area contributed by atoms with Gasteiger partial charge < -0.3 is 14.8 Å². The minimum Gasteiger partial charge on any atom is -0.497 e. The molecule has 2 aromatic rings. The number of rotatable bonds is 7. The molecule has 25 heavy (non-hydrogen) atoms. The maximum Gasteiger partial charge on any atom is 0.306 e. The summed E-state index contributed by atoms with van der Waals surface area (Å²) >= 11 is 1.24. The Hall–Kier alpha value is -2.85. The summed E-state index contributed by atoms with van der Waals surface area (Å²) in [4.78, 5) is 24.0. The fraction of sp³-hybridized carbons (Fsp3) is 0.278. The number of ether oxygens (including phenoxy) is 2. The first-order chi connectivity index (χ1) is 12.0. The molecule has 1 N–H and O–H groups in total. The highest BCUT2D eigenvalue weighted by molar-refractivity contribution is 7.14. The van der Waals surface area contributed by atoms with Crippen LogP contribution in [0.2, 0.25) is 0 Å². The summed E-state index contributed by atoms with van der Waals surface area (Å²) in [6.45, 7) is 1.50. The van der Waals surface area contributed by atoms with E-state index in [0.29, 0.717) is 17.0 Å². The molecular formula is C18H18N2O4S. The first-order valence-corrected chi connectivity index (χ1v) is 8.52. The molecule has 0 bridgehead atoms. The van der Waals surface area contributed by atoms with Crippen LogP contribution >= 0.6 is 11.3 Å². The van der Waals surface area contributed by atoms with Crippen molar-refractivity contribution in [3.63, 3.8) is 0 Å². The van der Waals surface area contributed by atoms with Gasteiger partial charge in [0.15, 0.2) is 6.10 Å². The summed E-state index contributed by atoms with van der Waals surface area (Å²) in [7, 11) is 1.59. The first-order valence-electron chi connectivity index (χ1n) is 7.64. The lowest BCUT2D eigenvalue weighted by atomic mass is 10.1. The molecule has 0 saturated carbocycles. The average molecular weight is 358 g/mol. The zero-order valence-corrected chi connectivity index (χ0v) is 14.8. The van der Waals surface area contributed by atoms with Gasteiger partial charge in [-0.3, -0.25) is 9.59 Å². The Balaban J connectivity index is 1.80. The van der Waals surface area contributed by atoms with Crippen LogP contribution in [-0.2, 0) is 20.7 Å². The molecule has 1 aromatic carbocycles. The summed E-state index contributed by atoms with van der Waals surface area (Å²) in [5.74, 6) is -0.163. The molecular weight excluding hydrogens is 340 g/mol. The molecule has 0 aliphatic heterocycles. The first kappa shape index (κ1) is 18.5. The van der Waals surface area contributed by atoms with Crippen molar-refractivity contribution in [1.29, 1.82) is 5.26 Å². The third-order valence-electron chi connectivity index (χ3n) is 3.48. The van der Waals surface area contributed by atoms with E-state index in [-0.39, 0.29) is 6.42 Å². The second kappa shape index (κ2) is 8.85. The smallest absolute Gasteiger partial charge is 0.306 e. The number of methoxy groups -OCH3 is 1. The number of carbonyl (C=O) groups is 2. The van der Waals surface area contributed by atoms with Crippen molar-refractivity contribution in [3.8, 4) is 11.8 Å². The molecule has 0 aliphatic carbocycles. The van der Waals surface area contributed by atoms with Crippen molar-refractivity contribution >= 4 is 28.2 Å². The Kier molecular flexibility index (Phi) is 6.54. The summed E-state index contributed by atoms with van der Waals surface area (Å²) in [5, 5.41) is 13.7. The second-order valence-corrected chi connectivity index (χ2v) is 6.16. The van der Waals surface area contributed by atoms with Gasteiger partial charge in [-0.05, 0) is 42.5 Å². The lowest BCUT2D eigenvalue weighted by Crippen LogP contribution is -2.30. The molecule has 1 atom stereocenters. The fourth-order valence-electron chi connectivity index (χ4n) is 2.06. The standard InChI is InChI=1S/C18H18N2O4S/c1-12(17(22)20-18-14(11-19)9-10-25-18)24-16(21)8-5-13-3-6-15(23-2)7-4-13/h3-4,6-7,9-10,12H,5,8H2,1-2H3,(H,20,22)/t12-/m0/s1. The molecule has 0 fully saturated rings. The molecule has 6 nitrogen and oxygen atoms in total. The SMILES string of the molecule is COc1ccc(CCC(=O)O[C@@H](C)C(=O)Nc2sccc2C#N)cc1. The van der Waals surface area contributed by atoms with Crippen molar-refractivity contribution in [2.24, 2.45) is 0 Å². The number of nitrogens with one attached hydrogen (secondary N) is 1. The summed E-state index contributed by atoms with van der Waals surface area (Å²) in [6.07, 6.45) is -0.246. The number of thiophene rings is 1. The van der Waals surface area contributed by atoms with Gasteiger partial charge in [0.05, 0.1) is 12.7 Å². The van der Waals surface area contributed by atoms with E-state index in [1.54, 1.807) is 18.6 Å². The largest absolute Gasteiger partial charge is 0.497 e. The minimum atomic E-state index is -0.933. The third kappa shape index (κ3) is 5.33. The van der Waals surface area contributed by atoms with Gasteiger partial charge in [0.2, 0.25) is 0 Å². The van der Waals surface area contributed by atoms with Crippen molar-refractivity contribution in [2.75, 3.05) is 12.4 Å². The Labute approximate surface area is 150 Å². The van der Waals surface area contributed by atoms with Crippen LogP contribution in [0.1, 0.15) is 24.5 Å². The zero-order valence-electron chi connectivity index (χ0n) is 13.9. The number of amides is 1. The zero-order chi connectivity index (χ0) is 18.2. The molecule has 0 saturated heterocycles. The number of hydrogen-bond acceptors (Lipinski definition) is 6. The molecule has 2 rings (SSSR count). The Morgan fingerprint density at radius 1 is 1.28 bits per heavy atom. The van der Waals surface area contributed by atoms with Gasteiger partial charge >= 0.3 is 5.97 Å². The Bertz CT molecular complexity index is 777. The van der Waals surface area contributed by atoms with Gasteiger partial charge in [-0.25, -0.2) is 0 Å². The van der Waals surface area contributed by atoms with Crippen LogP contribution in [0.25, 0.3) is 0 Å². The van der Waals surface area contributed by atoms with Crippen LogP contribution in [0, 0.1) is 11.3 Å². The van der Waals surface area contributed by atoms with Gasteiger partial charge in [0.1, 0.15) is 16.8 Å². The van der Waals surface area contributed by atoms with E-state index in [4.69, 9.17) is 14.7 Å². The second-order valence-electron chi connectivity index (χ2n) is 5.24. The lowest BCUT2D eigenvalue weighted by Gasteiger charge is -2.13. The highest BCUT2D eigenvalue weighted by Crippen LogP contribution is 2.22. The maximum atomic E-state index is 12.1. The normalized spacial score (nSPS) is 11.2.